The third kappa shape index (κ3) is 4.88. The van der Waals surface area contributed by atoms with E-state index in [4.69, 9.17) is 9.15 Å². The first-order chi connectivity index (χ1) is 16.4. The molecule has 1 aliphatic heterocycles. The summed E-state index contributed by atoms with van der Waals surface area (Å²) in [6.07, 6.45) is 9.46. The molecule has 1 saturated heterocycles. The minimum atomic E-state index is -0.628. The molecule has 0 radical (unpaired) electrons. The molecule has 2 aliphatic rings. The van der Waals surface area contributed by atoms with Crippen LogP contribution in [0.25, 0.3) is 11.0 Å². The van der Waals surface area contributed by atoms with Crippen molar-refractivity contribution in [1.82, 2.24) is 4.90 Å². The number of ether oxygens (including phenoxy) is 1. The first-order valence-corrected chi connectivity index (χ1v) is 13.1. The van der Waals surface area contributed by atoms with Gasteiger partial charge in [0.1, 0.15) is 11.3 Å². The monoisotopic (exact) mass is 469 g/mol. The Kier molecular flexibility index (Phi) is 7.66. The molecular formula is C28H39NO5. The predicted octanol–water partition coefficient (Wildman–Crippen LogP) is 5.15. The average molecular weight is 470 g/mol. The summed E-state index contributed by atoms with van der Waals surface area (Å²) in [6, 6.07) is 5.43. The summed E-state index contributed by atoms with van der Waals surface area (Å²) in [6.45, 7) is 6.64. The highest BCUT2D eigenvalue weighted by Crippen LogP contribution is 2.44. The molecular weight excluding hydrogens is 430 g/mol. The van der Waals surface area contributed by atoms with Gasteiger partial charge in [-0.3, -0.25) is 4.79 Å². The second-order valence-corrected chi connectivity index (χ2v) is 10.2. The third-order valence-electron chi connectivity index (χ3n) is 7.96. The number of nitrogens with zero attached hydrogens (tertiary/aromatic N) is 1. The van der Waals surface area contributed by atoms with Crippen molar-refractivity contribution in [2.75, 3.05) is 13.2 Å². The molecule has 6 heteroatoms. The van der Waals surface area contributed by atoms with Gasteiger partial charge in [-0.25, -0.2) is 4.79 Å². The highest BCUT2D eigenvalue weighted by atomic mass is 16.5. The fourth-order valence-corrected chi connectivity index (χ4v) is 6.15. The quantitative estimate of drug-likeness (QED) is 0.541. The lowest BCUT2D eigenvalue weighted by Gasteiger charge is -2.52. The van der Waals surface area contributed by atoms with Crippen LogP contribution in [0.4, 0.5) is 0 Å². The number of amides is 1. The number of hydrogen-bond acceptors (Lipinski definition) is 5. The molecule has 1 amide bonds. The fraction of sp³-hybridized carbons (Fsp3) is 0.643. The van der Waals surface area contributed by atoms with Gasteiger partial charge in [-0.05, 0) is 56.7 Å². The van der Waals surface area contributed by atoms with Gasteiger partial charge in [-0.1, -0.05) is 46.0 Å². The molecule has 2 aromatic rings. The van der Waals surface area contributed by atoms with Crippen LogP contribution in [0.3, 0.4) is 0 Å². The number of rotatable bonds is 8. The molecule has 1 aliphatic carbocycles. The van der Waals surface area contributed by atoms with E-state index in [1.807, 2.05) is 24.0 Å². The van der Waals surface area contributed by atoms with Crippen LogP contribution in [-0.4, -0.2) is 40.7 Å². The zero-order chi connectivity index (χ0) is 24.3. The second kappa shape index (κ2) is 10.5. The minimum Gasteiger partial charge on any atom is -0.483 e. The van der Waals surface area contributed by atoms with Gasteiger partial charge in [0.15, 0.2) is 6.61 Å². The maximum atomic E-state index is 13.3. The van der Waals surface area contributed by atoms with Crippen molar-refractivity contribution in [3.8, 4) is 5.75 Å². The topological polar surface area (TPSA) is 80.0 Å². The molecule has 1 N–H and O–H groups in total. The summed E-state index contributed by atoms with van der Waals surface area (Å²) in [5, 5.41) is 12.2. The first kappa shape index (κ1) is 24.8. The molecule has 186 valence electrons. The normalized spacial score (nSPS) is 24.8. The largest absolute Gasteiger partial charge is 0.483 e. The number of fused-ring (bicyclic) bond motifs is 2. The van der Waals surface area contributed by atoms with Crippen LogP contribution in [0.15, 0.2) is 27.4 Å². The first-order valence-electron chi connectivity index (χ1n) is 13.1. The van der Waals surface area contributed by atoms with Gasteiger partial charge >= 0.3 is 5.63 Å². The van der Waals surface area contributed by atoms with Gasteiger partial charge in [-0.15, -0.1) is 0 Å². The van der Waals surface area contributed by atoms with Crippen LogP contribution in [0.1, 0.15) is 82.8 Å². The summed E-state index contributed by atoms with van der Waals surface area (Å²) >= 11 is 0. The predicted molar refractivity (Wildman–Crippen MR) is 133 cm³/mol. The SMILES string of the molecule is CCCC[C@H]1[C@@H]2CCCC[C@]2(O)CCN1C(=O)COc1ccc2c(CCC)cc(=O)oc2c1C. The fourth-order valence-electron chi connectivity index (χ4n) is 6.15. The number of carbonyl (C=O) groups excluding carboxylic acids is 1. The zero-order valence-electron chi connectivity index (χ0n) is 20.9. The molecule has 0 spiro atoms. The lowest BCUT2D eigenvalue weighted by Crippen LogP contribution is -2.61. The maximum Gasteiger partial charge on any atom is 0.336 e. The van der Waals surface area contributed by atoms with E-state index in [0.717, 1.165) is 74.3 Å². The summed E-state index contributed by atoms with van der Waals surface area (Å²) in [5.41, 5.74) is 1.26. The van der Waals surface area contributed by atoms with Gasteiger partial charge in [0.05, 0.1) is 5.60 Å². The Bertz CT molecular complexity index is 1080. The van der Waals surface area contributed by atoms with Gasteiger partial charge in [0.25, 0.3) is 5.91 Å². The summed E-state index contributed by atoms with van der Waals surface area (Å²) in [5.74, 6) is 0.683. The van der Waals surface area contributed by atoms with E-state index in [-0.39, 0.29) is 30.1 Å². The highest BCUT2D eigenvalue weighted by molar-refractivity contribution is 5.85. The van der Waals surface area contributed by atoms with Crippen molar-refractivity contribution in [2.24, 2.45) is 5.92 Å². The molecule has 2 heterocycles. The number of aliphatic hydroxyl groups is 1. The molecule has 6 nitrogen and oxygen atoms in total. The van der Waals surface area contributed by atoms with Gasteiger partial charge < -0.3 is 19.2 Å². The number of aryl methyl sites for hydroxylation is 2. The Morgan fingerprint density at radius 1 is 1.24 bits per heavy atom. The van der Waals surface area contributed by atoms with Crippen molar-refractivity contribution in [3.05, 3.63) is 39.7 Å². The molecule has 1 aromatic carbocycles. The van der Waals surface area contributed by atoms with Crippen LogP contribution < -0.4 is 10.4 Å². The molecule has 4 rings (SSSR count). The summed E-state index contributed by atoms with van der Waals surface area (Å²) in [4.78, 5) is 27.4. The third-order valence-corrected chi connectivity index (χ3v) is 7.96. The van der Waals surface area contributed by atoms with Gasteiger partial charge in [0, 0.05) is 35.5 Å². The van der Waals surface area contributed by atoms with Crippen LogP contribution in [-0.2, 0) is 11.2 Å². The Balaban J connectivity index is 1.52. The van der Waals surface area contributed by atoms with Crippen LogP contribution in [0.2, 0.25) is 0 Å². The Morgan fingerprint density at radius 3 is 2.82 bits per heavy atom. The van der Waals surface area contributed by atoms with E-state index in [2.05, 4.69) is 13.8 Å². The van der Waals surface area contributed by atoms with Crippen LogP contribution >= 0.6 is 0 Å². The molecule has 1 aromatic heterocycles. The van der Waals surface area contributed by atoms with E-state index in [9.17, 15) is 14.7 Å². The van der Waals surface area contributed by atoms with Crippen molar-refractivity contribution in [1.29, 1.82) is 0 Å². The number of hydrogen-bond donors (Lipinski definition) is 1. The number of piperidine rings is 1. The number of benzene rings is 1. The molecule has 34 heavy (non-hydrogen) atoms. The Labute approximate surface area is 202 Å². The van der Waals surface area contributed by atoms with Crippen molar-refractivity contribution < 1.29 is 19.1 Å². The van der Waals surface area contributed by atoms with Crippen molar-refractivity contribution in [3.63, 3.8) is 0 Å². The number of carbonyl (C=O) groups is 1. The smallest absolute Gasteiger partial charge is 0.336 e. The number of likely N-dealkylation sites (tertiary alicyclic amines) is 1. The lowest BCUT2D eigenvalue weighted by molar-refractivity contribution is -0.157. The zero-order valence-corrected chi connectivity index (χ0v) is 20.9. The number of unbranched alkanes of at least 4 members (excludes halogenated alkanes) is 1. The molecule has 1 saturated carbocycles. The van der Waals surface area contributed by atoms with E-state index in [1.165, 1.54) is 0 Å². The van der Waals surface area contributed by atoms with Crippen molar-refractivity contribution >= 4 is 16.9 Å². The summed E-state index contributed by atoms with van der Waals surface area (Å²) < 4.78 is 11.5. The Morgan fingerprint density at radius 2 is 2.06 bits per heavy atom. The summed E-state index contributed by atoms with van der Waals surface area (Å²) in [7, 11) is 0. The van der Waals surface area contributed by atoms with E-state index in [1.54, 1.807) is 6.07 Å². The molecule has 0 unspecified atom stereocenters. The van der Waals surface area contributed by atoms with Gasteiger partial charge in [0.2, 0.25) is 0 Å². The van der Waals surface area contributed by atoms with E-state index in [0.29, 0.717) is 24.3 Å². The molecule has 0 bridgehead atoms. The van der Waals surface area contributed by atoms with Crippen LogP contribution in [0, 0.1) is 12.8 Å². The van der Waals surface area contributed by atoms with Crippen LogP contribution in [0.5, 0.6) is 5.75 Å². The highest BCUT2D eigenvalue weighted by Gasteiger charge is 2.49. The average Bonchev–Trinajstić information content (AvgIpc) is 2.82. The minimum absolute atomic E-state index is 0.0330. The van der Waals surface area contributed by atoms with Gasteiger partial charge in [-0.2, -0.15) is 0 Å². The standard InChI is InChI=1S/C28H39NO5/c1-4-6-11-23-22-10-7-8-14-28(22,32)15-16-29(23)25(30)18-33-24-13-12-21-20(9-5-2)17-26(31)34-27(21)19(24)3/h12-13,17,22-23,32H,4-11,14-16,18H2,1-3H3/t22-,23-,28-/m0/s1. The molecule has 3 atom stereocenters. The Hall–Kier alpha value is -2.34. The molecule has 2 fully saturated rings. The van der Waals surface area contributed by atoms with Crippen molar-refractivity contribution in [2.45, 2.75) is 96.6 Å². The van der Waals surface area contributed by atoms with E-state index < -0.39 is 5.60 Å². The lowest BCUT2D eigenvalue weighted by atomic mass is 9.66. The van der Waals surface area contributed by atoms with E-state index >= 15 is 0 Å². The maximum absolute atomic E-state index is 13.3. The second-order valence-electron chi connectivity index (χ2n) is 10.2.